The van der Waals surface area contributed by atoms with E-state index >= 15 is 0 Å². The zero-order chi connectivity index (χ0) is 15.2. The van der Waals surface area contributed by atoms with Crippen LogP contribution in [0.25, 0.3) is 0 Å². The smallest absolute Gasteiger partial charge is 0.220 e. The number of carbonyl (C=O) groups excluding carboxylic acids is 2. The first-order chi connectivity index (χ1) is 10.0. The molecule has 0 unspecified atom stereocenters. The van der Waals surface area contributed by atoms with Crippen LogP contribution in [0.5, 0.6) is 0 Å². The molecule has 2 aromatic rings. The number of hydrogen-bond acceptors (Lipinski definition) is 3. The Hall–Kier alpha value is -1.65. The van der Waals surface area contributed by atoms with Crippen molar-refractivity contribution >= 4 is 34.6 Å². The van der Waals surface area contributed by atoms with E-state index < -0.39 is 0 Å². The van der Waals surface area contributed by atoms with Gasteiger partial charge in [-0.05, 0) is 36.8 Å². The first kappa shape index (κ1) is 15.7. The molecule has 1 aromatic heterocycles. The molecule has 0 saturated heterocycles. The van der Waals surface area contributed by atoms with Crippen molar-refractivity contribution in [1.29, 1.82) is 0 Å². The third-order valence-electron chi connectivity index (χ3n) is 2.97. The molecule has 0 bridgehead atoms. The normalized spacial score (nSPS) is 10.4. The Morgan fingerprint density at radius 2 is 2.00 bits per heavy atom. The fourth-order valence-corrected chi connectivity index (χ4v) is 2.92. The number of nitrogens with one attached hydrogen (secondary N) is 1. The maximum absolute atomic E-state index is 11.9. The van der Waals surface area contributed by atoms with Crippen molar-refractivity contribution in [1.82, 2.24) is 5.32 Å². The van der Waals surface area contributed by atoms with Crippen LogP contribution in [0, 0.1) is 6.92 Å². The van der Waals surface area contributed by atoms with Crippen molar-refractivity contribution in [3.05, 3.63) is 56.7 Å². The fraction of sp³-hybridized carbons (Fsp3) is 0.250. The van der Waals surface area contributed by atoms with Gasteiger partial charge in [0.2, 0.25) is 5.91 Å². The number of halogens is 1. The van der Waals surface area contributed by atoms with Crippen LogP contribution in [0.15, 0.2) is 36.4 Å². The molecule has 0 aliphatic rings. The number of thiophene rings is 1. The molecule has 1 N–H and O–H groups in total. The average molecular weight is 322 g/mol. The second-order valence-electron chi connectivity index (χ2n) is 4.74. The molecular formula is C16H16ClNO2S. The van der Waals surface area contributed by atoms with Gasteiger partial charge in [-0.3, -0.25) is 9.59 Å². The first-order valence-electron chi connectivity index (χ1n) is 6.65. The maximum atomic E-state index is 11.9. The summed E-state index contributed by atoms with van der Waals surface area (Å²) >= 11 is 7.34. The Morgan fingerprint density at radius 3 is 2.67 bits per heavy atom. The van der Waals surface area contributed by atoms with Crippen molar-refractivity contribution < 1.29 is 9.59 Å². The SMILES string of the molecule is Cc1ccc(C(=O)CCC(=O)NCc2cccc(Cl)c2)s1. The summed E-state index contributed by atoms with van der Waals surface area (Å²) in [6, 6.07) is 11.1. The molecule has 1 aromatic carbocycles. The highest BCUT2D eigenvalue weighted by atomic mass is 35.5. The number of benzene rings is 1. The number of hydrogen-bond donors (Lipinski definition) is 1. The van der Waals surface area contributed by atoms with Crippen LogP contribution < -0.4 is 5.32 Å². The molecule has 0 atom stereocenters. The molecule has 110 valence electrons. The van der Waals surface area contributed by atoms with Crippen molar-refractivity contribution in [3.63, 3.8) is 0 Å². The van der Waals surface area contributed by atoms with E-state index in [0.29, 0.717) is 11.6 Å². The predicted octanol–water partition coefficient (Wildman–Crippen LogP) is 3.99. The molecule has 1 amide bonds. The van der Waals surface area contributed by atoms with E-state index in [9.17, 15) is 9.59 Å². The summed E-state index contributed by atoms with van der Waals surface area (Å²) in [6.45, 7) is 2.38. The Kier molecular flexibility index (Phi) is 5.53. The number of carbonyl (C=O) groups is 2. The van der Waals surface area contributed by atoms with Crippen molar-refractivity contribution in [2.24, 2.45) is 0 Å². The number of aryl methyl sites for hydroxylation is 1. The summed E-state index contributed by atoms with van der Waals surface area (Å²) in [4.78, 5) is 25.5. The highest BCUT2D eigenvalue weighted by Crippen LogP contribution is 2.17. The lowest BCUT2D eigenvalue weighted by Gasteiger charge is -2.05. The van der Waals surface area contributed by atoms with Crippen LogP contribution in [-0.4, -0.2) is 11.7 Å². The highest BCUT2D eigenvalue weighted by molar-refractivity contribution is 7.14. The average Bonchev–Trinajstić information content (AvgIpc) is 2.89. The fourth-order valence-electron chi connectivity index (χ4n) is 1.87. The van der Waals surface area contributed by atoms with Gasteiger partial charge in [0, 0.05) is 29.3 Å². The molecule has 0 spiro atoms. The van der Waals surface area contributed by atoms with Crippen molar-refractivity contribution in [2.45, 2.75) is 26.3 Å². The summed E-state index contributed by atoms with van der Waals surface area (Å²) in [5.41, 5.74) is 0.941. The molecule has 21 heavy (non-hydrogen) atoms. The van der Waals surface area contributed by atoms with Crippen LogP contribution in [0.3, 0.4) is 0 Å². The molecule has 5 heteroatoms. The van der Waals surface area contributed by atoms with Gasteiger partial charge < -0.3 is 5.32 Å². The van der Waals surface area contributed by atoms with Crippen LogP contribution in [-0.2, 0) is 11.3 Å². The van der Waals surface area contributed by atoms with Crippen LogP contribution in [0.1, 0.15) is 33.0 Å². The number of rotatable bonds is 6. The molecule has 2 rings (SSSR count). The van der Waals surface area contributed by atoms with Gasteiger partial charge in [0.1, 0.15) is 0 Å². The highest BCUT2D eigenvalue weighted by Gasteiger charge is 2.10. The van der Waals surface area contributed by atoms with E-state index in [1.807, 2.05) is 31.2 Å². The minimum Gasteiger partial charge on any atom is -0.352 e. The molecule has 0 radical (unpaired) electrons. The minimum atomic E-state index is -0.128. The summed E-state index contributed by atoms with van der Waals surface area (Å²) in [5, 5.41) is 3.44. The number of Topliss-reactive ketones (excluding diaryl/α,β-unsaturated/α-hetero) is 1. The zero-order valence-corrected chi connectivity index (χ0v) is 13.3. The molecular weight excluding hydrogens is 306 g/mol. The molecule has 0 aliphatic heterocycles. The molecule has 0 aliphatic carbocycles. The monoisotopic (exact) mass is 321 g/mol. The summed E-state index contributed by atoms with van der Waals surface area (Å²) in [5.74, 6) is -0.109. The topological polar surface area (TPSA) is 46.2 Å². The van der Waals surface area contributed by atoms with Crippen LogP contribution >= 0.6 is 22.9 Å². The van der Waals surface area contributed by atoms with E-state index in [1.54, 1.807) is 12.1 Å². The van der Waals surface area contributed by atoms with Gasteiger partial charge in [0.15, 0.2) is 5.78 Å². The summed E-state index contributed by atoms with van der Waals surface area (Å²) in [7, 11) is 0. The van der Waals surface area contributed by atoms with Crippen molar-refractivity contribution in [3.8, 4) is 0 Å². The van der Waals surface area contributed by atoms with E-state index in [1.165, 1.54) is 11.3 Å². The van der Waals surface area contributed by atoms with Gasteiger partial charge in [-0.1, -0.05) is 23.7 Å². The molecule has 0 fully saturated rings. The Labute approximate surface area is 132 Å². The van der Waals surface area contributed by atoms with Gasteiger partial charge in [0.25, 0.3) is 0 Å². The van der Waals surface area contributed by atoms with Crippen LogP contribution in [0.4, 0.5) is 0 Å². The second kappa shape index (κ2) is 7.38. The van der Waals surface area contributed by atoms with Gasteiger partial charge >= 0.3 is 0 Å². The van der Waals surface area contributed by atoms with Gasteiger partial charge in [-0.25, -0.2) is 0 Å². The molecule has 0 saturated carbocycles. The Balaban J connectivity index is 1.76. The molecule has 1 heterocycles. The lowest BCUT2D eigenvalue weighted by Crippen LogP contribution is -2.23. The summed E-state index contributed by atoms with van der Waals surface area (Å²) in [6.07, 6.45) is 0.442. The lowest BCUT2D eigenvalue weighted by molar-refractivity contribution is -0.121. The maximum Gasteiger partial charge on any atom is 0.220 e. The van der Waals surface area contributed by atoms with Gasteiger partial charge in [-0.2, -0.15) is 0 Å². The summed E-state index contributed by atoms with van der Waals surface area (Å²) < 4.78 is 0. The number of ketones is 1. The third-order valence-corrected chi connectivity index (χ3v) is 4.25. The second-order valence-corrected chi connectivity index (χ2v) is 6.46. The zero-order valence-electron chi connectivity index (χ0n) is 11.7. The van der Waals surface area contributed by atoms with Crippen molar-refractivity contribution in [2.75, 3.05) is 0 Å². The van der Waals surface area contributed by atoms with E-state index in [-0.39, 0.29) is 24.5 Å². The minimum absolute atomic E-state index is 0.0194. The standard InChI is InChI=1S/C16H16ClNO2S/c1-11-5-7-15(21-11)14(19)6-8-16(20)18-10-12-3-2-4-13(17)9-12/h2-5,7,9H,6,8,10H2,1H3,(H,18,20). The van der Waals surface area contributed by atoms with Crippen LogP contribution in [0.2, 0.25) is 5.02 Å². The molecule has 3 nitrogen and oxygen atoms in total. The van der Waals surface area contributed by atoms with Gasteiger partial charge in [0.05, 0.1) is 4.88 Å². The van der Waals surface area contributed by atoms with E-state index in [2.05, 4.69) is 5.32 Å². The largest absolute Gasteiger partial charge is 0.352 e. The lowest BCUT2D eigenvalue weighted by atomic mass is 10.2. The quantitative estimate of drug-likeness (QED) is 0.818. The third kappa shape index (κ3) is 4.99. The van der Waals surface area contributed by atoms with E-state index in [0.717, 1.165) is 15.3 Å². The Morgan fingerprint density at radius 1 is 1.19 bits per heavy atom. The first-order valence-corrected chi connectivity index (χ1v) is 7.85. The van der Waals surface area contributed by atoms with E-state index in [4.69, 9.17) is 11.6 Å². The number of amides is 1. The predicted molar refractivity (Wildman–Crippen MR) is 85.9 cm³/mol. The Bertz CT molecular complexity index is 651. The van der Waals surface area contributed by atoms with Gasteiger partial charge in [-0.15, -0.1) is 11.3 Å².